The van der Waals surface area contributed by atoms with Crippen LogP contribution in [0.5, 0.6) is 0 Å². The lowest BCUT2D eigenvalue weighted by atomic mass is 9.77. The molecule has 2 saturated carbocycles. The van der Waals surface area contributed by atoms with Gasteiger partial charge in [-0.15, -0.1) is 6.58 Å². The number of nitrogens with one attached hydrogen (secondary N) is 1. The number of ether oxygens (including phenoxy) is 1. The third-order valence-electron chi connectivity index (χ3n) is 6.11. The number of fused-ring (bicyclic) bond motifs is 1. The van der Waals surface area contributed by atoms with Gasteiger partial charge in [0.25, 0.3) is 0 Å². The van der Waals surface area contributed by atoms with Gasteiger partial charge in [-0.3, -0.25) is 9.59 Å². The summed E-state index contributed by atoms with van der Waals surface area (Å²) in [7, 11) is 0. The fraction of sp³-hybridized carbons (Fsp3) is 0.750. The molecule has 4 atom stereocenters. The van der Waals surface area contributed by atoms with E-state index in [0.717, 1.165) is 32.1 Å². The first-order chi connectivity index (χ1) is 12.6. The van der Waals surface area contributed by atoms with Crippen LogP contribution in [0.1, 0.15) is 59.3 Å². The fourth-order valence-corrected chi connectivity index (χ4v) is 4.70. The van der Waals surface area contributed by atoms with Gasteiger partial charge in [0, 0.05) is 11.5 Å². The normalized spacial score (nSPS) is 29.6. The molecular weight excluding hydrogens is 346 g/mol. The second-order valence-corrected chi connectivity index (χ2v) is 9.19. The van der Waals surface area contributed by atoms with Crippen LogP contribution in [0.25, 0.3) is 0 Å². The fourth-order valence-electron chi connectivity index (χ4n) is 4.70. The number of piperidine rings is 1. The van der Waals surface area contributed by atoms with Crippen LogP contribution in [-0.4, -0.2) is 46.5 Å². The van der Waals surface area contributed by atoms with Gasteiger partial charge >= 0.3 is 6.09 Å². The van der Waals surface area contributed by atoms with Crippen molar-refractivity contribution in [3.8, 4) is 0 Å². The maximum absolute atomic E-state index is 13.5. The van der Waals surface area contributed by atoms with Gasteiger partial charge in [-0.2, -0.15) is 0 Å². The number of carbonyl (C=O) groups is 3. The predicted molar refractivity (Wildman–Crippen MR) is 101 cm³/mol. The van der Waals surface area contributed by atoms with Crippen molar-refractivity contribution in [3.05, 3.63) is 12.7 Å². The molecular formula is C20H31N3O4. The summed E-state index contributed by atoms with van der Waals surface area (Å²) in [5.74, 6) is -0.376. The van der Waals surface area contributed by atoms with E-state index in [9.17, 15) is 14.4 Å². The van der Waals surface area contributed by atoms with Gasteiger partial charge in [-0.05, 0) is 52.4 Å². The Morgan fingerprint density at radius 1 is 1.26 bits per heavy atom. The monoisotopic (exact) mass is 377 g/mol. The van der Waals surface area contributed by atoms with Crippen LogP contribution in [0.4, 0.5) is 4.79 Å². The summed E-state index contributed by atoms with van der Waals surface area (Å²) >= 11 is 0. The number of hydrogen-bond acceptors (Lipinski definition) is 4. The second-order valence-electron chi connectivity index (χ2n) is 9.19. The average molecular weight is 377 g/mol. The summed E-state index contributed by atoms with van der Waals surface area (Å²) < 4.78 is 5.39. The molecule has 3 amide bonds. The van der Waals surface area contributed by atoms with Crippen molar-refractivity contribution in [1.82, 2.24) is 10.2 Å². The van der Waals surface area contributed by atoms with E-state index >= 15 is 0 Å². The molecule has 0 radical (unpaired) electrons. The van der Waals surface area contributed by atoms with E-state index in [1.54, 1.807) is 31.7 Å². The summed E-state index contributed by atoms with van der Waals surface area (Å²) in [5.41, 5.74) is 4.36. The van der Waals surface area contributed by atoms with Gasteiger partial charge in [-0.1, -0.05) is 18.9 Å². The van der Waals surface area contributed by atoms with Crippen LogP contribution in [0.15, 0.2) is 12.7 Å². The number of amides is 3. The Balaban J connectivity index is 1.87. The quantitative estimate of drug-likeness (QED) is 0.716. The molecule has 7 heteroatoms. The first-order valence-corrected chi connectivity index (χ1v) is 9.82. The Morgan fingerprint density at radius 3 is 2.41 bits per heavy atom. The van der Waals surface area contributed by atoms with Crippen LogP contribution in [0.3, 0.4) is 0 Å². The minimum Gasteiger partial charge on any atom is -0.444 e. The number of nitrogens with two attached hydrogens (primary N) is 1. The Hall–Kier alpha value is -2.05. The van der Waals surface area contributed by atoms with Gasteiger partial charge in [0.1, 0.15) is 17.7 Å². The van der Waals surface area contributed by atoms with Crippen LogP contribution >= 0.6 is 0 Å². The van der Waals surface area contributed by atoms with Crippen LogP contribution < -0.4 is 11.1 Å². The highest BCUT2D eigenvalue weighted by Gasteiger charge is 2.58. The van der Waals surface area contributed by atoms with E-state index in [1.807, 2.05) is 0 Å². The number of likely N-dealkylation sites (tertiary alicyclic amines) is 1. The molecule has 3 N–H and O–H groups in total. The van der Waals surface area contributed by atoms with E-state index in [0.29, 0.717) is 12.3 Å². The first kappa shape index (κ1) is 19.7. The molecule has 3 aliphatic rings. The summed E-state index contributed by atoms with van der Waals surface area (Å²) in [5, 5.41) is 2.81. The third kappa shape index (κ3) is 3.82. The lowest BCUT2D eigenvalue weighted by Crippen LogP contribution is -2.59. The Morgan fingerprint density at radius 2 is 1.89 bits per heavy atom. The molecule has 150 valence electrons. The topological polar surface area (TPSA) is 102 Å². The number of alkyl carbamates (subject to hydrolysis) is 1. The second kappa shape index (κ2) is 6.84. The average Bonchev–Trinajstić information content (AvgIpc) is 3.01. The molecule has 0 bridgehead atoms. The van der Waals surface area contributed by atoms with Gasteiger partial charge in [0.05, 0.1) is 0 Å². The highest BCUT2D eigenvalue weighted by Crippen LogP contribution is 2.50. The third-order valence-corrected chi connectivity index (χ3v) is 6.11. The van der Waals surface area contributed by atoms with Crippen molar-refractivity contribution in [2.75, 3.05) is 0 Å². The van der Waals surface area contributed by atoms with Crippen molar-refractivity contribution >= 4 is 17.9 Å². The SMILES string of the molecule is C=CC1(C(NC(=O)OC(C)(C)C)C(=O)N2C(C(N)=O)C[C@@H]3CC32)CCCC1. The molecule has 0 aromatic heterocycles. The number of carbonyl (C=O) groups excluding carboxylic acids is 3. The van der Waals surface area contributed by atoms with E-state index in [1.165, 1.54) is 0 Å². The summed E-state index contributed by atoms with van der Waals surface area (Å²) in [6, 6.07) is -1.33. The smallest absolute Gasteiger partial charge is 0.408 e. The van der Waals surface area contributed by atoms with E-state index < -0.39 is 35.1 Å². The Kier molecular flexibility index (Phi) is 4.99. The maximum Gasteiger partial charge on any atom is 0.408 e. The standard InChI is InChI=1S/C20H31N3O4/c1-5-20(8-6-7-9-20)15(22-18(26)27-19(2,3)4)17(25)23-13-10-12(13)11-14(23)16(21)24/h5,12-15H,1,6-11H2,2-4H3,(H2,21,24)(H,22,26)/t12-,13?,14?,15?/m0/s1. The molecule has 1 heterocycles. The van der Waals surface area contributed by atoms with Gasteiger partial charge in [0.15, 0.2) is 0 Å². The lowest BCUT2D eigenvalue weighted by molar-refractivity contribution is -0.142. The zero-order valence-electron chi connectivity index (χ0n) is 16.5. The van der Waals surface area contributed by atoms with Crippen molar-refractivity contribution in [3.63, 3.8) is 0 Å². The molecule has 1 saturated heterocycles. The van der Waals surface area contributed by atoms with Gasteiger partial charge in [-0.25, -0.2) is 4.79 Å². The summed E-state index contributed by atoms with van der Waals surface area (Å²) in [4.78, 5) is 39.5. The van der Waals surface area contributed by atoms with Crippen molar-refractivity contribution in [2.45, 2.75) is 83.0 Å². The van der Waals surface area contributed by atoms with E-state index in [4.69, 9.17) is 10.5 Å². The highest BCUT2D eigenvalue weighted by atomic mass is 16.6. The highest BCUT2D eigenvalue weighted by molar-refractivity contribution is 5.93. The number of primary amides is 1. The largest absolute Gasteiger partial charge is 0.444 e. The maximum atomic E-state index is 13.5. The molecule has 7 nitrogen and oxygen atoms in total. The van der Waals surface area contributed by atoms with Crippen molar-refractivity contribution < 1.29 is 19.1 Å². The number of hydrogen-bond donors (Lipinski definition) is 2. The molecule has 0 aromatic rings. The van der Waals surface area contributed by atoms with Gasteiger partial charge in [0.2, 0.25) is 11.8 Å². The zero-order chi connectivity index (χ0) is 20.0. The summed E-state index contributed by atoms with van der Waals surface area (Å²) in [6.07, 6.45) is 6.16. The van der Waals surface area contributed by atoms with E-state index in [2.05, 4.69) is 11.9 Å². The molecule has 27 heavy (non-hydrogen) atoms. The minimum absolute atomic E-state index is 0.0567. The van der Waals surface area contributed by atoms with Crippen LogP contribution in [0, 0.1) is 11.3 Å². The zero-order valence-corrected chi connectivity index (χ0v) is 16.5. The van der Waals surface area contributed by atoms with Crippen molar-refractivity contribution in [1.29, 1.82) is 0 Å². The first-order valence-electron chi connectivity index (χ1n) is 9.82. The summed E-state index contributed by atoms with van der Waals surface area (Å²) in [6.45, 7) is 9.29. The molecule has 3 fully saturated rings. The molecule has 3 rings (SSSR count). The Labute approximate surface area is 160 Å². The van der Waals surface area contributed by atoms with Crippen LogP contribution in [-0.2, 0) is 14.3 Å². The minimum atomic E-state index is -0.798. The molecule has 2 aliphatic carbocycles. The van der Waals surface area contributed by atoms with E-state index in [-0.39, 0.29) is 11.9 Å². The van der Waals surface area contributed by atoms with Crippen molar-refractivity contribution in [2.24, 2.45) is 17.1 Å². The Bertz CT molecular complexity index is 648. The number of rotatable bonds is 5. The lowest BCUT2D eigenvalue weighted by Gasteiger charge is -2.38. The molecule has 0 spiro atoms. The van der Waals surface area contributed by atoms with Gasteiger partial charge < -0.3 is 20.7 Å². The number of nitrogens with zero attached hydrogens (tertiary/aromatic N) is 1. The molecule has 3 unspecified atom stereocenters. The molecule has 1 aliphatic heterocycles. The predicted octanol–water partition coefficient (Wildman–Crippen LogP) is 2.10. The molecule has 0 aromatic carbocycles. The van der Waals surface area contributed by atoms with Crippen LogP contribution in [0.2, 0.25) is 0 Å².